The van der Waals surface area contributed by atoms with Crippen molar-refractivity contribution in [2.45, 2.75) is 44.6 Å². The summed E-state index contributed by atoms with van der Waals surface area (Å²) in [5.74, 6) is -0.753. The third kappa shape index (κ3) is 6.85. The number of aliphatic carboxylic acids is 1. The number of hydrogen-bond donors (Lipinski definition) is 1. The van der Waals surface area contributed by atoms with Gasteiger partial charge in [-0.2, -0.15) is 0 Å². The van der Waals surface area contributed by atoms with Gasteiger partial charge in [-0.15, -0.1) is 0 Å². The van der Waals surface area contributed by atoms with E-state index in [-0.39, 0.29) is 36.8 Å². The van der Waals surface area contributed by atoms with Crippen molar-refractivity contribution >= 4 is 23.5 Å². The Balaban J connectivity index is 1.35. The Morgan fingerprint density at radius 1 is 1.00 bits per heavy atom. The second-order valence-electron chi connectivity index (χ2n) is 9.56. The highest BCUT2D eigenvalue weighted by atomic mass is 35.5. The Hall–Kier alpha value is -3.38. The predicted molar refractivity (Wildman–Crippen MR) is 137 cm³/mol. The highest BCUT2D eigenvalue weighted by Gasteiger charge is 2.35. The van der Waals surface area contributed by atoms with Crippen LogP contribution in [0.4, 0.5) is 4.39 Å². The SMILES string of the molecule is C[C@@]1(Cc2ccc(Cl)cc2)Cc2cc(CCC(=O)N(CCc3ccc(F)cc3)CC(=O)O)ccc2O1. The second-order valence-corrected chi connectivity index (χ2v) is 10.00. The fourth-order valence-corrected chi connectivity index (χ4v) is 4.77. The van der Waals surface area contributed by atoms with E-state index in [2.05, 4.69) is 13.0 Å². The van der Waals surface area contributed by atoms with Crippen molar-refractivity contribution < 1.29 is 23.8 Å². The van der Waals surface area contributed by atoms with Crippen molar-refractivity contribution in [3.05, 3.63) is 99.8 Å². The number of fused-ring (bicyclic) bond motifs is 1. The van der Waals surface area contributed by atoms with Gasteiger partial charge in [0.05, 0.1) is 0 Å². The molecular weight excluding hydrogens is 481 g/mol. The quantitative estimate of drug-likeness (QED) is 0.391. The smallest absolute Gasteiger partial charge is 0.323 e. The molecule has 0 unspecified atom stereocenters. The van der Waals surface area contributed by atoms with E-state index in [9.17, 15) is 19.1 Å². The zero-order valence-electron chi connectivity index (χ0n) is 20.2. The van der Waals surface area contributed by atoms with E-state index in [0.717, 1.165) is 40.8 Å². The molecule has 0 bridgehead atoms. The highest BCUT2D eigenvalue weighted by molar-refractivity contribution is 6.30. The molecule has 0 aromatic heterocycles. The van der Waals surface area contributed by atoms with Crippen LogP contribution in [0.25, 0.3) is 0 Å². The van der Waals surface area contributed by atoms with Crippen LogP contribution in [-0.4, -0.2) is 40.6 Å². The summed E-state index contributed by atoms with van der Waals surface area (Å²) in [4.78, 5) is 25.5. The molecule has 0 saturated heterocycles. The molecule has 1 aliphatic heterocycles. The van der Waals surface area contributed by atoms with E-state index in [0.29, 0.717) is 17.9 Å². The Kier molecular flexibility index (Phi) is 7.94. The Morgan fingerprint density at radius 3 is 2.36 bits per heavy atom. The van der Waals surface area contributed by atoms with Gasteiger partial charge in [-0.1, -0.05) is 48.0 Å². The van der Waals surface area contributed by atoms with Gasteiger partial charge in [-0.05, 0) is 72.4 Å². The van der Waals surface area contributed by atoms with Crippen LogP contribution in [0, 0.1) is 5.82 Å². The first-order chi connectivity index (χ1) is 17.2. The molecule has 3 aromatic carbocycles. The number of carbonyl (C=O) groups excluding carboxylic acids is 1. The first kappa shape index (κ1) is 25.7. The molecule has 1 N–H and O–H groups in total. The van der Waals surface area contributed by atoms with Gasteiger partial charge in [0.15, 0.2) is 0 Å². The lowest BCUT2D eigenvalue weighted by Gasteiger charge is -2.24. The summed E-state index contributed by atoms with van der Waals surface area (Å²) in [6, 6.07) is 19.8. The van der Waals surface area contributed by atoms with Gasteiger partial charge in [0.2, 0.25) is 5.91 Å². The van der Waals surface area contributed by atoms with Crippen LogP contribution in [0.3, 0.4) is 0 Å². The minimum Gasteiger partial charge on any atom is -0.487 e. The molecule has 1 amide bonds. The molecule has 7 heteroatoms. The van der Waals surface area contributed by atoms with Gasteiger partial charge >= 0.3 is 5.97 Å². The van der Waals surface area contributed by atoms with Crippen LogP contribution in [0.2, 0.25) is 5.02 Å². The van der Waals surface area contributed by atoms with Crippen LogP contribution < -0.4 is 4.74 Å². The largest absolute Gasteiger partial charge is 0.487 e. The van der Waals surface area contributed by atoms with Crippen LogP contribution in [0.5, 0.6) is 5.75 Å². The maximum Gasteiger partial charge on any atom is 0.323 e. The third-order valence-corrected chi connectivity index (χ3v) is 6.68. The van der Waals surface area contributed by atoms with Crippen molar-refractivity contribution in [1.82, 2.24) is 4.90 Å². The summed E-state index contributed by atoms with van der Waals surface area (Å²) in [6.45, 7) is 1.99. The maximum atomic E-state index is 13.1. The van der Waals surface area contributed by atoms with E-state index < -0.39 is 5.97 Å². The number of aryl methyl sites for hydroxylation is 1. The number of nitrogens with zero attached hydrogens (tertiary/aromatic N) is 1. The van der Waals surface area contributed by atoms with E-state index in [1.165, 1.54) is 17.0 Å². The van der Waals surface area contributed by atoms with Crippen molar-refractivity contribution in [2.75, 3.05) is 13.1 Å². The zero-order valence-corrected chi connectivity index (χ0v) is 20.9. The molecule has 4 rings (SSSR count). The van der Waals surface area contributed by atoms with Crippen molar-refractivity contribution in [1.29, 1.82) is 0 Å². The van der Waals surface area contributed by atoms with Gasteiger partial charge in [0, 0.05) is 30.8 Å². The molecule has 1 heterocycles. The molecule has 0 saturated carbocycles. The van der Waals surface area contributed by atoms with Crippen molar-refractivity contribution in [3.8, 4) is 5.75 Å². The topological polar surface area (TPSA) is 66.8 Å². The van der Waals surface area contributed by atoms with E-state index >= 15 is 0 Å². The fourth-order valence-electron chi connectivity index (χ4n) is 4.64. The normalized spacial score (nSPS) is 16.3. The summed E-state index contributed by atoms with van der Waals surface area (Å²) in [7, 11) is 0. The van der Waals surface area contributed by atoms with Crippen LogP contribution in [0.1, 0.15) is 35.6 Å². The average molecular weight is 510 g/mol. The number of benzene rings is 3. The summed E-state index contributed by atoms with van der Waals surface area (Å²) in [6.07, 6.45) is 2.69. The molecular formula is C29H29ClFNO4. The van der Waals surface area contributed by atoms with Gasteiger partial charge in [-0.3, -0.25) is 9.59 Å². The summed E-state index contributed by atoms with van der Waals surface area (Å²) in [5.41, 5.74) is 3.76. The summed E-state index contributed by atoms with van der Waals surface area (Å²) >= 11 is 6.00. The molecule has 188 valence electrons. The number of carbonyl (C=O) groups is 2. The van der Waals surface area contributed by atoms with E-state index in [1.54, 1.807) is 12.1 Å². The predicted octanol–water partition coefficient (Wildman–Crippen LogP) is 5.50. The average Bonchev–Trinajstić information content (AvgIpc) is 3.17. The first-order valence-corrected chi connectivity index (χ1v) is 12.4. The molecule has 36 heavy (non-hydrogen) atoms. The standard InChI is InChI=1S/C29H29ClFNO4/c1-29(17-22-2-8-24(30)9-3-22)18-23-16-21(6-12-26(23)36-29)7-13-27(33)32(19-28(34)35)15-14-20-4-10-25(31)11-5-20/h2-6,8-12,16H,7,13-15,17-19H2,1H3,(H,34,35)/t29-/m1/s1. The van der Waals surface area contributed by atoms with Gasteiger partial charge in [0.1, 0.15) is 23.7 Å². The second kappa shape index (κ2) is 11.1. The van der Waals surface area contributed by atoms with E-state index in [1.807, 2.05) is 36.4 Å². The van der Waals surface area contributed by atoms with Crippen LogP contribution in [-0.2, 0) is 35.3 Å². The molecule has 0 spiro atoms. The Bertz CT molecular complexity index is 1230. The number of rotatable bonds is 10. The van der Waals surface area contributed by atoms with Gasteiger partial charge in [0.25, 0.3) is 0 Å². The highest BCUT2D eigenvalue weighted by Crippen LogP contribution is 2.37. The molecule has 1 aliphatic rings. The number of hydrogen-bond acceptors (Lipinski definition) is 3. The van der Waals surface area contributed by atoms with Gasteiger partial charge < -0.3 is 14.7 Å². The molecule has 0 aliphatic carbocycles. The lowest BCUT2D eigenvalue weighted by atomic mass is 9.91. The summed E-state index contributed by atoms with van der Waals surface area (Å²) < 4.78 is 19.4. The Labute approximate surface area is 215 Å². The molecule has 0 fully saturated rings. The van der Waals surface area contributed by atoms with Crippen molar-refractivity contribution in [3.63, 3.8) is 0 Å². The molecule has 1 atom stereocenters. The zero-order chi connectivity index (χ0) is 25.7. The van der Waals surface area contributed by atoms with Crippen molar-refractivity contribution in [2.24, 2.45) is 0 Å². The minimum atomic E-state index is -1.06. The summed E-state index contributed by atoms with van der Waals surface area (Å²) in [5, 5.41) is 9.97. The number of amides is 1. The third-order valence-electron chi connectivity index (χ3n) is 6.43. The van der Waals surface area contributed by atoms with Crippen LogP contribution in [0.15, 0.2) is 66.7 Å². The number of carboxylic acid groups (broad SMARTS) is 1. The lowest BCUT2D eigenvalue weighted by molar-refractivity contribution is -0.144. The van der Waals surface area contributed by atoms with E-state index in [4.69, 9.17) is 16.3 Å². The molecule has 5 nitrogen and oxygen atoms in total. The molecule has 0 radical (unpaired) electrons. The number of carboxylic acids is 1. The number of halogens is 2. The first-order valence-electron chi connectivity index (χ1n) is 12.0. The molecule has 3 aromatic rings. The maximum absolute atomic E-state index is 13.1. The van der Waals surface area contributed by atoms with Gasteiger partial charge in [-0.25, -0.2) is 4.39 Å². The Morgan fingerprint density at radius 2 is 1.67 bits per heavy atom. The fraction of sp³-hybridized carbons (Fsp3) is 0.310. The number of ether oxygens (including phenoxy) is 1. The lowest BCUT2D eigenvalue weighted by Crippen LogP contribution is -2.37. The minimum absolute atomic E-state index is 0.207. The van der Waals surface area contributed by atoms with Crippen LogP contribution >= 0.6 is 11.6 Å². The monoisotopic (exact) mass is 509 g/mol.